The topological polar surface area (TPSA) is 114 Å². The average molecular weight is 641 g/mol. The molecule has 2 amide bonds. The van der Waals surface area contributed by atoms with Gasteiger partial charge in [0.2, 0.25) is 5.91 Å². The van der Waals surface area contributed by atoms with E-state index < -0.39 is 6.09 Å². The molecule has 0 spiro atoms. The molecule has 3 aromatic carbocycles. The van der Waals surface area contributed by atoms with Crippen molar-refractivity contribution >= 4 is 23.5 Å². The van der Waals surface area contributed by atoms with Crippen LogP contribution in [0.15, 0.2) is 78.9 Å². The van der Waals surface area contributed by atoms with Gasteiger partial charge in [0, 0.05) is 49.8 Å². The number of rotatable bonds is 14. The fraction of sp³-hybridized carbons (Fsp3) is 0.405. The standard InChI is InChI=1S/C37H46N5O5/c43-25-19-39-36(45)32-17-23-40(24-18-32)28-29-13-15-31(16-14-29)35(44)27-38-20-26-47-37(46)42(41-21-7-2-8-22-41)34-12-6-5-11-33(34)30-9-3-1-4-10-30/h1-6,9-16,32,38,43H,7-8,17-28H2,(H,39,45). The maximum atomic E-state index is 13.5. The molecule has 249 valence electrons. The molecule has 2 aliphatic heterocycles. The summed E-state index contributed by atoms with van der Waals surface area (Å²) in [5, 5.41) is 18.5. The molecular weight excluding hydrogens is 594 g/mol. The number of para-hydroxylation sites is 1. The van der Waals surface area contributed by atoms with E-state index in [4.69, 9.17) is 9.84 Å². The second-order valence-corrected chi connectivity index (χ2v) is 12.0. The first-order chi connectivity index (χ1) is 23.0. The van der Waals surface area contributed by atoms with E-state index in [0.29, 0.717) is 18.7 Å². The summed E-state index contributed by atoms with van der Waals surface area (Å²) in [6, 6.07) is 25.6. The summed E-state index contributed by atoms with van der Waals surface area (Å²) in [6.45, 7) is 4.78. The Morgan fingerprint density at radius 2 is 1.55 bits per heavy atom. The SMILES string of the molecule is O=C(CNCCOC(=O)N(c1ccccc1-c1ccccc1)N1CC[CH]CC1)c1ccc(CN2CCC(C(=O)NCCO)CC2)cc1. The highest BCUT2D eigenvalue weighted by Gasteiger charge is 2.28. The molecule has 3 N–H and O–H groups in total. The molecule has 2 heterocycles. The maximum absolute atomic E-state index is 13.5. The largest absolute Gasteiger partial charge is 0.447 e. The fourth-order valence-corrected chi connectivity index (χ4v) is 6.13. The number of ether oxygens (including phenoxy) is 1. The fourth-order valence-electron chi connectivity index (χ4n) is 6.13. The van der Waals surface area contributed by atoms with Crippen LogP contribution in [-0.4, -0.2) is 91.8 Å². The van der Waals surface area contributed by atoms with E-state index in [1.54, 1.807) is 5.01 Å². The van der Waals surface area contributed by atoms with Crippen LogP contribution in [0.1, 0.15) is 41.6 Å². The lowest BCUT2D eigenvalue weighted by Crippen LogP contribution is -2.50. The van der Waals surface area contributed by atoms with Gasteiger partial charge in [0.15, 0.2) is 5.78 Å². The molecule has 0 aromatic heterocycles. The summed E-state index contributed by atoms with van der Waals surface area (Å²) in [4.78, 5) is 40.8. The third kappa shape index (κ3) is 9.71. The second-order valence-electron chi connectivity index (χ2n) is 12.0. The Bertz CT molecular complexity index is 1440. The molecule has 0 saturated carbocycles. The van der Waals surface area contributed by atoms with Crippen molar-refractivity contribution in [1.29, 1.82) is 0 Å². The van der Waals surface area contributed by atoms with Crippen LogP contribution in [0.4, 0.5) is 10.5 Å². The van der Waals surface area contributed by atoms with E-state index in [1.165, 1.54) is 0 Å². The first-order valence-corrected chi connectivity index (χ1v) is 16.6. The van der Waals surface area contributed by atoms with Crippen LogP contribution in [0, 0.1) is 12.3 Å². The number of aliphatic hydroxyl groups is 1. The Morgan fingerprint density at radius 1 is 0.851 bits per heavy atom. The zero-order chi connectivity index (χ0) is 32.8. The third-order valence-electron chi connectivity index (χ3n) is 8.70. The minimum absolute atomic E-state index is 0.00226. The van der Waals surface area contributed by atoms with Crippen LogP contribution in [0.5, 0.6) is 0 Å². The maximum Gasteiger partial charge on any atom is 0.429 e. The van der Waals surface area contributed by atoms with Gasteiger partial charge in [-0.05, 0) is 62.4 Å². The van der Waals surface area contributed by atoms with Crippen molar-refractivity contribution in [2.24, 2.45) is 5.92 Å². The number of anilines is 1. The first kappa shape index (κ1) is 34.3. The average Bonchev–Trinajstić information content (AvgIpc) is 3.12. The van der Waals surface area contributed by atoms with Gasteiger partial charge in [-0.3, -0.25) is 14.5 Å². The molecule has 10 heteroatoms. The number of amides is 2. The zero-order valence-corrected chi connectivity index (χ0v) is 27.0. The number of nitrogens with zero attached hydrogens (tertiary/aromatic N) is 3. The molecule has 2 saturated heterocycles. The van der Waals surface area contributed by atoms with Crippen molar-refractivity contribution in [3.05, 3.63) is 96.4 Å². The van der Waals surface area contributed by atoms with Crippen molar-refractivity contribution in [1.82, 2.24) is 20.5 Å². The van der Waals surface area contributed by atoms with Gasteiger partial charge >= 0.3 is 6.09 Å². The van der Waals surface area contributed by atoms with Crippen molar-refractivity contribution in [2.75, 3.05) is 64.0 Å². The summed E-state index contributed by atoms with van der Waals surface area (Å²) < 4.78 is 5.74. The van der Waals surface area contributed by atoms with Gasteiger partial charge in [-0.2, -0.15) is 0 Å². The number of hydrazine groups is 1. The van der Waals surface area contributed by atoms with Crippen molar-refractivity contribution in [2.45, 2.75) is 32.2 Å². The van der Waals surface area contributed by atoms with Gasteiger partial charge in [0.05, 0.1) is 18.8 Å². The van der Waals surface area contributed by atoms with Crippen molar-refractivity contribution in [3.63, 3.8) is 0 Å². The summed E-state index contributed by atoms with van der Waals surface area (Å²) in [6.07, 6.45) is 5.19. The predicted molar refractivity (Wildman–Crippen MR) is 183 cm³/mol. The molecule has 1 radical (unpaired) electrons. The Hall–Kier alpha value is -4.09. The lowest BCUT2D eigenvalue weighted by atomic mass is 9.95. The number of hydrogen-bond donors (Lipinski definition) is 3. The molecule has 0 bridgehead atoms. The molecule has 5 rings (SSSR count). The molecule has 0 atom stereocenters. The van der Waals surface area contributed by atoms with Gasteiger partial charge in [-0.25, -0.2) is 14.8 Å². The van der Waals surface area contributed by atoms with E-state index in [0.717, 1.165) is 80.8 Å². The van der Waals surface area contributed by atoms with Gasteiger partial charge in [-0.15, -0.1) is 0 Å². The Balaban J connectivity index is 1.07. The predicted octanol–water partition coefficient (Wildman–Crippen LogP) is 4.30. The summed E-state index contributed by atoms with van der Waals surface area (Å²) in [5.74, 6) is -0.00521. The van der Waals surface area contributed by atoms with Crippen LogP contribution in [0.3, 0.4) is 0 Å². The second kappa shape index (κ2) is 17.7. The molecule has 2 fully saturated rings. The zero-order valence-electron chi connectivity index (χ0n) is 27.0. The quantitative estimate of drug-likeness (QED) is 0.177. The summed E-state index contributed by atoms with van der Waals surface area (Å²) >= 11 is 0. The molecule has 47 heavy (non-hydrogen) atoms. The summed E-state index contributed by atoms with van der Waals surface area (Å²) in [7, 11) is 0. The first-order valence-electron chi connectivity index (χ1n) is 16.6. The molecule has 3 aromatic rings. The smallest absolute Gasteiger partial charge is 0.429 e. The molecule has 0 unspecified atom stereocenters. The highest BCUT2D eigenvalue weighted by atomic mass is 16.6. The van der Waals surface area contributed by atoms with Crippen LogP contribution >= 0.6 is 0 Å². The van der Waals surface area contributed by atoms with E-state index in [1.807, 2.05) is 83.9 Å². The van der Waals surface area contributed by atoms with E-state index >= 15 is 0 Å². The molecular formula is C37H46N5O5. The molecule has 0 aliphatic carbocycles. The van der Waals surface area contributed by atoms with Crippen molar-refractivity contribution < 1.29 is 24.2 Å². The number of nitrogens with one attached hydrogen (secondary N) is 2. The number of ketones is 1. The number of hydrogen-bond acceptors (Lipinski definition) is 8. The normalized spacial score (nSPS) is 16.0. The van der Waals surface area contributed by atoms with Crippen molar-refractivity contribution in [3.8, 4) is 11.1 Å². The Kier molecular flexibility index (Phi) is 12.9. The number of likely N-dealkylation sites (tertiary alicyclic amines) is 1. The minimum atomic E-state index is -0.437. The lowest BCUT2D eigenvalue weighted by Gasteiger charge is -2.37. The van der Waals surface area contributed by atoms with Crippen LogP contribution in [0.25, 0.3) is 11.1 Å². The monoisotopic (exact) mass is 640 g/mol. The number of benzene rings is 3. The highest BCUT2D eigenvalue weighted by molar-refractivity contribution is 5.97. The van der Waals surface area contributed by atoms with Crippen LogP contribution < -0.4 is 15.6 Å². The highest BCUT2D eigenvalue weighted by Crippen LogP contribution is 2.33. The van der Waals surface area contributed by atoms with Gasteiger partial charge < -0.3 is 20.5 Å². The summed E-state index contributed by atoms with van der Waals surface area (Å²) in [5.41, 5.74) is 4.51. The van der Waals surface area contributed by atoms with E-state index in [-0.39, 0.29) is 37.4 Å². The third-order valence-corrected chi connectivity index (χ3v) is 8.70. The van der Waals surface area contributed by atoms with Gasteiger partial charge in [-0.1, -0.05) is 72.8 Å². The Labute approximate surface area is 277 Å². The molecule has 10 nitrogen and oxygen atoms in total. The van der Waals surface area contributed by atoms with E-state index in [2.05, 4.69) is 22.0 Å². The number of carbonyl (C=O) groups is 3. The van der Waals surface area contributed by atoms with E-state index in [9.17, 15) is 14.4 Å². The molecule has 2 aliphatic rings. The number of carbonyl (C=O) groups excluding carboxylic acids is 3. The number of piperidine rings is 2. The van der Waals surface area contributed by atoms with Crippen LogP contribution in [-0.2, 0) is 16.1 Å². The number of aliphatic hydroxyl groups excluding tert-OH is 1. The Morgan fingerprint density at radius 3 is 2.28 bits per heavy atom. The van der Waals surface area contributed by atoms with Crippen LogP contribution in [0.2, 0.25) is 0 Å². The van der Waals surface area contributed by atoms with Gasteiger partial charge in [0.1, 0.15) is 6.61 Å². The van der Waals surface area contributed by atoms with Gasteiger partial charge in [0.25, 0.3) is 0 Å². The lowest BCUT2D eigenvalue weighted by molar-refractivity contribution is -0.126. The number of Topliss-reactive ketones (excluding diaryl/α,β-unsaturated/α-hetero) is 1. The minimum Gasteiger partial charge on any atom is -0.447 e.